The molecule has 0 heterocycles. The quantitative estimate of drug-likeness (QED) is 0.233. The maximum Gasteiger partial charge on any atom is 0.337 e. The molecule has 1 unspecified atom stereocenters. The van der Waals surface area contributed by atoms with E-state index in [4.69, 9.17) is 14.2 Å². The first kappa shape index (κ1) is 24.8. The van der Waals surface area contributed by atoms with E-state index in [9.17, 15) is 29.4 Å². The molecule has 10 heteroatoms. The van der Waals surface area contributed by atoms with Gasteiger partial charge >= 0.3 is 17.9 Å². The Morgan fingerprint density at radius 3 is 1.56 bits per heavy atom. The second kappa shape index (κ2) is 10.8. The third-order valence-corrected chi connectivity index (χ3v) is 3.80. The number of carbonyl (C=O) groups excluding carboxylic acids is 4. The molecular formula is C17H29NO9. The van der Waals surface area contributed by atoms with Gasteiger partial charge in [0.05, 0.1) is 33.0 Å². The normalized spacial score (nSPS) is 12.7. The predicted molar refractivity (Wildman–Crippen MR) is 92.2 cm³/mol. The minimum atomic E-state index is -2.57. The largest absolute Gasteiger partial charge is 0.465 e. The molecule has 0 aromatic heterocycles. The Hall–Kier alpha value is -2.20. The maximum atomic E-state index is 12.5. The van der Waals surface area contributed by atoms with Crippen molar-refractivity contribution in [2.45, 2.75) is 40.7 Å². The highest BCUT2D eigenvalue weighted by Crippen LogP contribution is 2.25. The molecule has 0 radical (unpaired) electrons. The summed E-state index contributed by atoms with van der Waals surface area (Å²) in [6.45, 7) is 5.58. The van der Waals surface area contributed by atoms with Gasteiger partial charge in [-0.05, 0) is 20.8 Å². The van der Waals surface area contributed by atoms with Gasteiger partial charge in [-0.2, -0.15) is 0 Å². The standard InChI is InChI=1S/C17H29NO9/c1-6-25-13(22)17(14(23)26-7-2,15(24)27-8-3)9-18-12(21)11(20)16(4,5)10-19/h11,19-20H,6-10H2,1-5H3,(H,18,21). The summed E-state index contributed by atoms with van der Waals surface area (Å²) in [6.07, 6.45) is -1.66. The molecule has 0 aliphatic heterocycles. The summed E-state index contributed by atoms with van der Waals surface area (Å²) in [4.78, 5) is 49.6. The van der Waals surface area contributed by atoms with Crippen molar-refractivity contribution in [3.05, 3.63) is 0 Å². The van der Waals surface area contributed by atoms with Crippen LogP contribution >= 0.6 is 0 Å². The zero-order chi connectivity index (χ0) is 21.3. The molecule has 0 fully saturated rings. The van der Waals surface area contributed by atoms with Crippen molar-refractivity contribution < 1.29 is 43.6 Å². The van der Waals surface area contributed by atoms with Crippen molar-refractivity contribution in [2.75, 3.05) is 33.0 Å². The molecule has 0 rings (SSSR count). The summed E-state index contributed by atoms with van der Waals surface area (Å²) in [5, 5.41) is 21.5. The number of carbonyl (C=O) groups is 4. The van der Waals surface area contributed by atoms with Crippen LogP contribution in [0.5, 0.6) is 0 Å². The minimum Gasteiger partial charge on any atom is -0.465 e. The number of nitrogens with one attached hydrogen (secondary N) is 1. The molecule has 0 aromatic carbocycles. The van der Waals surface area contributed by atoms with E-state index >= 15 is 0 Å². The third-order valence-electron chi connectivity index (χ3n) is 3.80. The first-order valence-corrected chi connectivity index (χ1v) is 8.63. The molecule has 3 N–H and O–H groups in total. The van der Waals surface area contributed by atoms with Gasteiger partial charge in [0.15, 0.2) is 0 Å². The number of hydrogen-bond acceptors (Lipinski definition) is 9. The van der Waals surface area contributed by atoms with Gasteiger partial charge in [0.2, 0.25) is 5.91 Å². The molecule has 156 valence electrons. The highest BCUT2D eigenvalue weighted by molar-refractivity contribution is 6.18. The Balaban J connectivity index is 5.81. The molecule has 0 spiro atoms. The van der Waals surface area contributed by atoms with Gasteiger partial charge in [-0.25, -0.2) is 0 Å². The van der Waals surface area contributed by atoms with E-state index in [1.165, 1.54) is 34.6 Å². The van der Waals surface area contributed by atoms with Gasteiger partial charge in [-0.1, -0.05) is 13.8 Å². The van der Waals surface area contributed by atoms with Crippen LogP contribution in [0.25, 0.3) is 0 Å². The average molecular weight is 391 g/mol. The summed E-state index contributed by atoms with van der Waals surface area (Å²) in [5.74, 6) is -4.70. The molecule has 10 nitrogen and oxygen atoms in total. The summed E-state index contributed by atoms with van der Waals surface area (Å²) in [5.41, 5.74) is -3.76. The molecule has 0 saturated carbocycles. The zero-order valence-corrected chi connectivity index (χ0v) is 16.4. The van der Waals surface area contributed by atoms with Gasteiger partial charge in [-0.15, -0.1) is 0 Å². The van der Waals surface area contributed by atoms with E-state index in [2.05, 4.69) is 5.32 Å². The number of aliphatic hydroxyl groups is 2. The Bertz CT molecular complexity index is 499. The zero-order valence-electron chi connectivity index (χ0n) is 16.4. The third kappa shape index (κ3) is 5.90. The van der Waals surface area contributed by atoms with Crippen LogP contribution in [0.3, 0.4) is 0 Å². The topological polar surface area (TPSA) is 148 Å². The summed E-state index contributed by atoms with van der Waals surface area (Å²) >= 11 is 0. The molecule has 0 saturated heterocycles. The fraction of sp³-hybridized carbons (Fsp3) is 0.765. The Kier molecular flexibility index (Phi) is 9.95. The summed E-state index contributed by atoms with van der Waals surface area (Å²) in [7, 11) is 0. The van der Waals surface area contributed by atoms with Crippen molar-refractivity contribution >= 4 is 23.8 Å². The number of esters is 3. The number of aliphatic hydroxyl groups excluding tert-OH is 2. The average Bonchev–Trinajstić information content (AvgIpc) is 2.62. The van der Waals surface area contributed by atoms with Crippen LogP contribution in [-0.4, -0.2) is 73.1 Å². The maximum absolute atomic E-state index is 12.5. The van der Waals surface area contributed by atoms with E-state index in [1.807, 2.05) is 0 Å². The van der Waals surface area contributed by atoms with E-state index < -0.39 is 53.9 Å². The van der Waals surface area contributed by atoms with Gasteiger partial charge in [0, 0.05) is 5.41 Å². The highest BCUT2D eigenvalue weighted by Gasteiger charge is 2.58. The first-order valence-electron chi connectivity index (χ1n) is 8.63. The van der Waals surface area contributed by atoms with Crippen LogP contribution in [0, 0.1) is 10.8 Å². The van der Waals surface area contributed by atoms with Crippen molar-refractivity contribution in [3.8, 4) is 0 Å². The first-order chi connectivity index (χ1) is 12.5. The van der Waals surface area contributed by atoms with Gasteiger partial charge < -0.3 is 29.7 Å². The molecule has 1 amide bonds. The predicted octanol–water partition coefficient (Wildman–Crippen LogP) is -0.842. The van der Waals surface area contributed by atoms with Crippen molar-refractivity contribution in [1.82, 2.24) is 5.32 Å². The number of hydrogen-bond donors (Lipinski definition) is 3. The van der Waals surface area contributed by atoms with Crippen LogP contribution in [0.15, 0.2) is 0 Å². The Morgan fingerprint density at radius 2 is 1.26 bits per heavy atom. The van der Waals surface area contributed by atoms with Crippen molar-refractivity contribution in [2.24, 2.45) is 10.8 Å². The lowest BCUT2D eigenvalue weighted by molar-refractivity contribution is -0.183. The molecular weight excluding hydrogens is 362 g/mol. The van der Waals surface area contributed by atoms with E-state index in [0.717, 1.165) is 0 Å². The van der Waals surface area contributed by atoms with Crippen LogP contribution in [-0.2, 0) is 33.4 Å². The lowest BCUT2D eigenvalue weighted by Crippen LogP contribution is -2.58. The summed E-state index contributed by atoms with van der Waals surface area (Å²) < 4.78 is 14.5. The molecule has 0 bridgehead atoms. The summed E-state index contributed by atoms with van der Waals surface area (Å²) in [6, 6.07) is 0. The SMILES string of the molecule is CCOC(=O)C(CNC(=O)C(O)C(C)(C)CO)(C(=O)OCC)C(=O)OCC. The lowest BCUT2D eigenvalue weighted by Gasteiger charge is -2.30. The molecule has 0 aliphatic rings. The molecule has 0 aromatic rings. The fourth-order valence-electron chi connectivity index (χ4n) is 1.99. The fourth-order valence-corrected chi connectivity index (χ4v) is 1.99. The Morgan fingerprint density at radius 1 is 0.889 bits per heavy atom. The van der Waals surface area contributed by atoms with Crippen LogP contribution < -0.4 is 5.32 Å². The van der Waals surface area contributed by atoms with Gasteiger partial charge in [0.25, 0.3) is 5.41 Å². The van der Waals surface area contributed by atoms with Gasteiger partial charge in [0.1, 0.15) is 6.10 Å². The van der Waals surface area contributed by atoms with E-state index in [1.54, 1.807) is 0 Å². The van der Waals surface area contributed by atoms with Crippen LogP contribution in [0.1, 0.15) is 34.6 Å². The van der Waals surface area contributed by atoms with Gasteiger partial charge in [-0.3, -0.25) is 19.2 Å². The molecule has 27 heavy (non-hydrogen) atoms. The second-order valence-electron chi connectivity index (χ2n) is 6.33. The van der Waals surface area contributed by atoms with E-state index in [0.29, 0.717) is 0 Å². The molecule has 0 aliphatic carbocycles. The lowest BCUT2D eigenvalue weighted by atomic mass is 9.85. The number of ether oxygens (including phenoxy) is 3. The van der Waals surface area contributed by atoms with Crippen LogP contribution in [0.4, 0.5) is 0 Å². The number of rotatable bonds is 11. The highest BCUT2D eigenvalue weighted by atomic mass is 16.6. The van der Waals surface area contributed by atoms with Crippen LogP contribution in [0.2, 0.25) is 0 Å². The van der Waals surface area contributed by atoms with E-state index in [-0.39, 0.29) is 19.8 Å². The number of amides is 1. The smallest absolute Gasteiger partial charge is 0.337 e. The second-order valence-corrected chi connectivity index (χ2v) is 6.33. The Labute approximate surface area is 158 Å². The monoisotopic (exact) mass is 391 g/mol. The van der Waals surface area contributed by atoms with Crippen molar-refractivity contribution in [1.29, 1.82) is 0 Å². The minimum absolute atomic E-state index is 0.131. The van der Waals surface area contributed by atoms with Crippen molar-refractivity contribution in [3.63, 3.8) is 0 Å². The molecule has 1 atom stereocenters.